The van der Waals surface area contributed by atoms with Gasteiger partial charge in [0.05, 0.1) is 6.61 Å². The third-order valence-corrected chi connectivity index (χ3v) is 3.62. The van der Waals surface area contributed by atoms with Gasteiger partial charge in [-0.2, -0.15) is 0 Å². The SMILES string of the molecule is CCOc1ccccc1CN(C)C(=O)CCC(C)CCN. The number of hydrogen-bond acceptors (Lipinski definition) is 3. The first kappa shape index (κ1) is 17.5. The molecule has 1 aromatic carbocycles. The number of carbonyl (C=O) groups is 1. The minimum atomic E-state index is 0.171. The maximum atomic E-state index is 12.2. The molecule has 0 bridgehead atoms. The van der Waals surface area contributed by atoms with Gasteiger partial charge >= 0.3 is 0 Å². The van der Waals surface area contributed by atoms with Gasteiger partial charge in [-0.3, -0.25) is 4.79 Å². The standard InChI is InChI=1S/C17H28N2O2/c1-4-21-16-8-6-5-7-15(16)13-19(3)17(20)10-9-14(2)11-12-18/h5-8,14H,4,9-13,18H2,1-3H3. The molecule has 1 rings (SSSR count). The molecule has 0 aliphatic carbocycles. The van der Waals surface area contributed by atoms with Crippen LogP contribution in [0.1, 0.15) is 38.7 Å². The summed E-state index contributed by atoms with van der Waals surface area (Å²) in [6.07, 6.45) is 2.45. The second-order valence-electron chi connectivity index (χ2n) is 5.51. The zero-order valence-corrected chi connectivity index (χ0v) is 13.5. The summed E-state index contributed by atoms with van der Waals surface area (Å²) in [6.45, 7) is 6.01. The normalized spacial score (nSPS) is 12.0. The van der Waals surface area contributed by atoms with Gasteiger partial charge < -0.3 is 15.4 Å². The largest absolute Gasteiger partial charge is 0.494 e. The van der Waals surface area contributed by atoms with E-state index in [0.717, 1.165) is 24.2 Å². The molecule has 0 radical (unpaired) electrons. The van der Waals surface area contributed by atoms with Crippen molar-refractivity contribution >= 4 is 5.91 Å². The quantitative estimate of drug-likeness (QED) is 0.761. The molecule has 4 nitrogen and oxygen atoms in total. The maximum Gasteiger partial charge on any atom is 0.222 e. The Hall–Kier alpha value is -1.55. The van der Waals surface area contributed by atoms with Crippen LogP contribution in [0.3, 0.4) is 0 Å². The maximum absolute atomic E-state index is 12.2. The molecule has 0 spiro atoms. The summed E-state index contributed by atoms with van der Waals surface area (Å²) in [5.74, 6) is 1.53. The first-order valence-electron chi connectivity index (χ1n) is 7.73. The topological polar surface area (TPSA) is 55.6 Å². The lowest BCUT2D eigenvalue weighted by atomic mass is 10.0. The van der Waals surface area contributed by atoms with E-state index in [1.54, 1.807) is 4.90 Å². The number of para-hydroxylation sites is 1. The van der Waals surface area contributed by atoms with E-state index in [0.29, 0.717) is 32.0 Å². The number of amides is 1. The molecule has 0 aliphatic heterocycles. The van der Waals surface area contributed by atoms with Crippen LogP contribution in [-0.4, -0.2) is 31.0 Å². The Kier molecular flexibility index (Phi) is 7.83. The Morgan fingerprint density at radius 1 is 1.33 bits per heavy atom. The van der Waals surface area contributed by atoms with E-state index in [2.05, 4.69) is 6.92 Å². The van der Waals surface area contributed by atoms with Crippen LogP contribution in [0, 0.1) is 5.92 Å². The van der Waals surface area contributed by atoms with E-state index >= 15 is 0 Å². The fourth-order valence-electron chi connectivity index (χ4n) is 2.26. The van der Waals surface area contributed by atoms with Crippen LogP contribution in [0.25, 0.3) is 0 Å². The predicted octanol–water partition coefficient (Wildman–Crippen LogP) is 2.81. The summed E-state index contributed by atoms with van der Waals surface area (Å²) in [5, 5.41) is 0. The summed E-state index contributed by atoms with van der Waals surface area (Å²) in [5.41, 5.74) is 6.58. The second kappa shape index (κ2) is 9.40. The zero-order chi connectivity index (χ0) is 15.7. The Labute approximate surface area is 128 Å². The third-order valence-electron chi connectivity index (χ3n) is 3.62. The fraction of sp³-hybridized carbons (Fsp3) is 0.588. The molecule has 1 aromatic rings. The van der Waals surface area contributed by atoms with Crippen molar-refractivity contribution in [3.8, 4) is 5.75 Å². The van der Waals surface area contributed by atoms with E-state index < -0.39 is 0 Å². The molecule has 4 heteroatoms. The Morgan fingerprint density at radius 3 is 2.71 bits per heavy atom. The summed E-state index contributed by atoms with van der Waals surface area (Å²) < 4.78 is 5.60. The average Bonchev–Trinajstić information content (AvgIpc) is 2.47. The summed E-state index contributed by atoms with van der Waals surface area (Å²) in [4.78, 5) is 13.9. The van der Waals surface area contributed by atoms with Crippen LogP contribution in [-0.2, 0) is 11.3 Å². The lowest BCUT2D eigenvalue weighted by Gasteiger charge is -2.20. The van der Waals surface area contributed by atoms with Crippen molar-refractivity contribution in [3.05, 3.63) is 29.8 Å². The summed E-state index contributed by atoms with van der Waals surface area (Å²) >= 11 is 0. The van der Waals surface area contributed by atoms with Gasteiger partial charge in [-0.05, 0) is 38.3 Å². The fourth-order valence-corrected chi connectivity index (χ4v) is 2.26. The lowest BCUT2D eigenvalue weighted by Crippen LogP contribution is -2.26. The van der Waals surface area contributed by atoms with Crippen LogP contribution in [0.5, 0.6) is 5.75 Å². The molecule has 0 saturated heterocycles. The van der Waals surface area contributed by atoms with E-state index in [9.17, 15) is 4.79 Å². The van der Waals surface area contributed by atoms with Gasteiger partial charge in [-0.15, -0.1) is 0 Å². The minimum Gasteiger partial charge on any atom is -0.494 e. The van der Waals surface area contributed by atoms with Gasteiger partial charge in [0.2, 0.25) is 5.91 Å². The van der Waals surface area contributed by atoms with Crippen LogP contribution in [0.2, 0.25) is 0 Å². The predicted molar refractivity (Wildman–Crippen MR) is 86.2 cm³/mol. The second-order valence-corrected chi connectivity index (χ2v) is 5.51. The van der Waals surface area contributed by atoms with Crippen molar-refractivity contribution in [2.75, 3.05) is 20.2 Å². The van der Waals surface area contributed by atoms with Gasteiger partial charge in [0.25, 0.3) is 0 Å². The number of ether oxygens (including phenoxy) is 1. The number of carbonyl (C=O) groups excluding carboxylic acids is 1. The monoisotopic (exact) mass is 292 g/mol. The van der Waals surface area contributed by atoms with Gasteiger partial charge in [0.1, 0.15) is 5.75 Å². The van der Waals surface area contributed by atoms with Crippen LogP contribution < -0.4 is 10.5 Å². The Bertz CT molecular complexity index is 435. The van der Waals surface area contributed by atoms with E-state index in [4.69, 9.17) is 10.5 Å². The van der Waals surface area contributed by atoms with Crippen LogP contribution in [0.15, 0.2) is 24.3 Å². The summed E-state index contributed by atoms with van der Waals surface area (Å²) in [7, 11) is 1.85. The first-order valence-corrected chi connectivity index (χ1v) is 7.73. The van der Waals surface area contributed by atoms with Crippen molar-refractivity contribution in [1.82, 2.24) is 4.90 Å². The van der Waals surface area contributed by atoms with E-state index in [1.807, 2.05) is 38.2 Å². The molecule has 21 heavy (non-hydrogen) atoms. The molecule has 0 heterocycles. The van der Waals surface area contributed by atoms with E-state index in [1.165, 1.54) is 0 Å². The molecule has 0 aliphatic rings. The molecule has 1 unspecified atom stereocenters. The zero-order valence-electron chi connectivity index (χ0n) is 13.5. The highest BCUT2D eigenvalue weighted by Gasteiger charge is 2.13. The van der Waals surface area contributed by atoms with Crippen molar-refractivity contribution in [2.24, 2.45) is 11.7 Å². The van der Waals surface area contributed by atoms with Gasteiger partial charge in [0.15, 0.2) is 0 Å². The number of nitrogens with zero attached hydrogens (tertiary/aromatic N) is 1. The Morgan fingerprint density at radius 2 is 2.05 bits per heavy atom. The number of rotatable bonds is 9. The first-order chi connectivity index (χ1) is 10.1. The molecule has 118 valence electrons. The molecule has 0 saturated carbocycles. The van der Waals surface area contributed by atoms with Crippen molar-refractivity contribution in [2.45, 2.75) is 39.7 Å². The molecule has 1 atom stereocenters. The van der Waals surface area contributed by atoms with Crippen molar-refractivity contribution in [3.63, 3.8) is 0 Å². The van der Waals surface area contributed by atoms with Gasteiger partial charge in [-0.1, -0.05) is 25.1 Å². The number of hydrogen-bond donors (Lipinski definition) is 1. The number of nitrogens with two attached hydrogens (primary N) is 1. The lowest BCUT2D eigenvalue weighted by molar-refractivity contribution is -0.130. The molecule has 0 fully saturated rings. The summed E-state index contributed by atoms with van der Waals surface area (Å²) in [6, 6.07) is 7.87. The average molecular weight is 292 g/mol. The third kappa shape index (κ3) is 6.17. The smallest absolute Gasteiger partial charge is 0.222 e. The van der Waals surface area contributed by atoms with E-state index in [-0.39, 0.29) is 5.91 Å². The molecular weight excluding hydrogens is 264 g/mol. The van der Waals surface area contributed by atoms with Crippen molar-refractivity contribution in [1.29, 1.82) is 0 Å². The van der Waals surface area contributed by atoms with Crippen molar-refractivity contribution < 1.29 is 9.53 Å². The highest BCUT2D eigenvalue weighted by Crippen LogP contribution is 2.20. The van der Waals surface area contributed by atoms with Crippen LogP contribution >= 0.6 is 0 Å². The molecule has 1 amide bonds. The highest BCUT2D eigenvalue weighted by molar-refractivity contribution is 5.75. The molecular formula is C17H28N2O2. The van der Waals surface area contributed by atoms with Gasteiger partial charge in [0, 0.05) is 25.6 Å². The van der Waals surface area contributed by atoms with Gasteiger partial charge in [-0.25, -0.2) is 0 Å². The Balaban J connectivity index is 2.52. The molecule has 0 aromatic heterocycles. The van der Waals surface area contributed by atoms with Crippen LogP contribution in [0.4, 0.5) is 0 Å². The minimum absolute atomic E-state index is 0.171. The molecule has 2 N–H and O–H groups in total. The highest BCUT2D eigenvalue weighted by atomic mass is 16.5. The number of benzene rings is 1.